The maximum absolute atomic E-state index is 6.37. The predicted molar refractivity (Wildman–Crippen MR) is 68.7 cm³/mol. The zero-order valence-electron chi connectivity index (χ0n) is 12.6. The molecule has 0 N–H and O–H groups in total. The summed E-state index contributed by atoms with van der Waals surface area (Å²) in [6, 6.07) is 0. The Labute approximate surface area is 110 Å². The predicted octanol–water partition coefficient (Wildman–Crippen LogP) is 2.01. The zero-order valence-corrected chi connectivity index (χ0v) is 12.6. The first-order chi connectivity index (χ1) is 8.23. The van der Waals surface area contributed by atoms with E-state index in [9.17, 15) is 0 Å². The van der Waals surface area contributed by atoms with Gasteiger partial charge in [-0.1, -0.05) is 13.8 Å². The van der Waals surface area contributed by atoms with Crippen molar-refractivity contribution in [3.05, 3.63) is 0 Å². The summed E-state index contributed by atoms with van der Waals surface area (Å²) in [5, 5.41) is 0. The van der Waals surface area contributed by atoms with E-state index in [0.29, 0.717) is 6.61 Å². The third-order valence-electron chi connectivity index (χ3n) is 4.83. The topological polar surface area (TPSA) is 36.9 Å². The Balaban J connectivity index is 2.55. The Bertz CT molecular complexity index is 316. The molecule has 4 nitrogen and oxygen atoms in total. The maximum Gasteiger partial charge on any atom is 0.133 e. The largest absolute Gasteiger partial charge is 0.376 e. The van der Waals surface area contributed by atoms with Crippen LogP contribution < -0.4 is 0 Å². The highest BCUT2D eigenvalue weighted by atomic mass is 16.6. The Hall–Kier alpha value is -0.160. The summed E-state index contributed by atoms with van der Waals surface area (Å²) < 4.78 is 23.8. The lowest BCUT2D eigenvalue weighted by Gasteiger charge is -2.56. The average molecular weight is 258 g/mol. The van der Waals surface area contributed by atoms with Crippen LogP contribution in [0.4, 0.5) is 0 Å². The molecular weight excluding hydrogens is 232 g/mol. The molecule has 0 aromatic rings. The molecule has 2 saturated heterocycles. The van der Waals surface area contributed by atoms with Crippen molar-refractivity contribution in [2.45, 2.75) is 64.1 Å². The van der Waals surface area contributed by atoms with E-state index in [2.05, 4.69) is 27.7 Å². The van der Waals surface area contributed by atoms with Gasteiger partial charge in [0.2, 0.25) is 0 Å². The second kappa shape index (κ2) is 4.17. The van der Waals surface area contributed by atoms with Gasteiger partial charge in [0.05, 0.1) is 18.3 Å². The molecule has 106 valence electrons. The molecule has 2 rings (SSSR count). The molecule has 0 aromatic carbocycles. The van der Waals surface area contributed by atoms with E-state index in [1.807, 2.05) is 6.92 Å². The summed E-state index contributed by atoms with van der Waals surface area (Å²) in [5.41, 5.74) is -1.11. The molecule has 0 saturated carbocycles. The molecule has 0 spiro atoms. The van der Waals surface area contributed by atoms with Crippen molar-refractivity contribution in [3.63, 3.8) is 0 Å². The summed E-state index contributed by atoms with van der Waals surface area (Å²) in [5.74, 6) is 0. The Morgan fingerprint density at radius 1 is 1.22 bits per heavy atom. The second-order valence-corrected chi connectivity index (χ2v) is 6.59. The fourth-order valence-corrected chi connectivity index (χ4v) is 3.84. The summed E-state index contributed by atoms with van der Waals surface area (Å²) in [6.07, 6.45) is -0.102. The van der Waals surface area contributed by atoms with Crippen LogP contribution in [0.1, 0.15) is 34.6 Å². The van der Waals surface area contributed by atoms with Crippen LogP contribution in [0.15, 0.2) is 0 Å². The normalized spacial score (nSPS) is 43.2. The van der Waals surface area contributed by atoms with Gasteiger partial charge in [-0.2, -0.15) is 0 Å². The standard InChI is InChI=1S/C14H26O4/c1-9-10-11(15-6)14(18-9,13(4,5)16-7)12(2,3)8-17-10/h9-11H,8H2,1-7H3. The van der Waals surface area contributed by atoms with Crippen molar-refractivity contribution in [2.75, 3.05) is 20.8 Å². The van der Waals surface area contributed by atoms with Gasteiger partial charge in [0, 0.05) is 19.6 Å². The lowest BCUT2D eigenvalue weighted by Crippen LogP contribution is -2.70. The van der Waals surface area contributed by atoms with Gasteiger partial charge >= 0.3 is 0 Å². The van der Waals surface area contributed by atoms with Crippen molar-refractivity contribution in [2.24, 2.45) is 5.41 Å². The molecule has 4 atom stereocenters. The monoisotopic (exact) mass is 258 g/mol. The molecule has 2 heterocycles. The molecule has 2 aliphatic rings. The van der Waals surface area contributed by atoms with Crippen molar-refractivity contribution in [3.8, 4) is 0 Å². The van der Waals surface area contributed by atoms with Gasteiger partial charge in [-0.3, -0.25) is 0 Å². The van der Waals surface area contributed by atoms with E-state index >= 15 is 0 Å². The number of methoxy groups -OCH3 is 2. The zero-order chi connectivity index (χ0) is 13.8. The van der Waals surface area contributed by atoms with E-state index in [1.165, 1.54) is 0 Å². The lowest BCUT2D eigenvalue weighted by atomic mass is 9.62. The number of hydrogen-bond donors (Lipinski definition) is 0. The first-order valence-electron chi connectivity index (χ1n) is 6.61. The molecule has 0 radical (unpaired) electrons. The highest BCUT2D eigenvalue weighted by Crippen LogP contribution is 2.56. The van der Waals surface area contributed by atoms with Gasteiger partial charge in [0.1, 0.15) is 17.8 Å². The number of fused-ring (bicyclic) bond motifs is 2. The van der Waals surface area contributed by atoms with Crippen molar-refractivity contribution in [1.29, 1.82) is 0 Å². The minimum absolute atomic E-state index is 0.0163. The smallest absolute Gasteiger partial charge is 0.133 e. The van der Waals surface area contributed by atoms with Crippen LogP contribution in [0, 0.1) is 5.41 Å². The van der Waals surface area contributed by atoms with Crippen LogP contribution in [-0.4, -0.2) is 50.3 Å². The van der Waals surface area contributed by atoms with Gasteiger partial charge in [-0.15, -0.1) is 0 Å². The summed E-state index contributed by atoms with van der Waals surface area (Å²) >= 11 is 0. The van der Waals surface area contributed by atoms with Gasteiger partial charge in [0.15, 0.2) is 0 Å². The number of hydrogen-bond acceptors (Lipinski definition) is 4. The lowest BCUT2D eigenvalue weighted by molar-refractivity contribution is -0.276. The molecule has 18 heavy (non-hydrogen) atoms. The van der Waals surface area contributed by atoms with Crippen molar-refractivity contribution in [1.82, 2.24) is 0 Å². The number of ether oxygens (including phenoxy) is 4. The van der Waals surface area contributed by atoms with Crippen LogP contribution in [0.5, 0.6) is 0 Å². The highest BCUT2D eigenvalue weighted by Gasteiger charge is 2.71. The van der Waals surface area contributed by atoms with Crippen LogP contribution in [-0.2, 0) is 18.9 Å². The average Bonchev–Trinajstić information content (AvgIpc) is 2.55. The van der Waals surface area contributed by atoms with E-state index in [1.54, 1.807) is 14.2 Å². The van der Waals surface area contributed by atoms with Crippen LogP contribution in [0.2, 0.25) is 0 Å². The summed E-state index contributed by atoms with van der Waals surface area (Å²) in [6.45, 7) is 11.2. The van der Waals surface area contributed by atoms with E-state index in [4.69, 9.17) is 18.9 Å². The molecule has 2 fully saturated rings. The third kappa shape index (κ3) is 1.52. The SMILES string of the molecule is COC1C2OCC(C)(C)C1(C(C)(C)OC)OC2C. The van der Waals surface area contributed by atoms with Crippen LogP contribution >= 0.6 is 0 Å². The second-order valence-electron chi connectivity index (χ2n) is 6.59. The minimum Gasteiger partial charge on any atom is -0.376 e. The molecule has 4 unspecified atom stereocenters. The van der Waals surface area contributed by atoms with Crippen molar-refractivity contribution >= 4 is 0 Å². The highest BCUT2D eigenvalue weighted by molar-refractivity contribution is 5.19. The molecule has 4 heteroatoms. The minimum atomic E-state index is -0.494. The van der Waals surface area contributed by atoms with Gasteiger partial charge in [-0.25, -0.2) is 0 Å². The molecule has 2 aliphatic heterocycles. The van der Waals surface area contributed by atoms with Gasteiger partial charge in [0.25, 0.3) is 0 Å². The Morgan fingerprint density at radius 3 is 2.33 bits per heavy atom. The molecule has 2 bridgehead atoms. The Morgan fingerprint density at radius 2 is 1.83 bits per heavy atom. The molecule has 0 amide bonds. The van der Waals surface area contributed by atoms with E-state index in [-0.39, 0.29) is 23.7 Å². The van der Waals surface area contributed by atoms with Crippen molar-refractivity contribution < 1.29 is 18.9 Å². The molecule has 0 aromatic heterocycles. The van der Waals surface area contributed by atoms with Crippen LogP contribution in [0.3, 0.4) is 0 Å². The van der Waals surface area contributed by atoms with Crippen LogP contribution in [0.25, 0.3) is 0 Å². The Kier molecular flexibility index (Phi) is 3.30. The summed E-state index contributed by atoms with van der Waals surface area (Å²) in [4.78, 5) is 0. The first-order valence-corrected chi connectivity index (χ1v) is 6.61. The fraction of sp³-hybridized carbons (Fsp3) is 1.00. The maximum atomic E-state index is 6.37. The third-order valence-corrected chi connectivity index (χ3v) is 4.83. The summed E-state index contributed by atoms with van der Waals surface area (Å²) in [7, 11) is 3.46. The van der Waals surface area contributed by atoms with E-state index in [0.717, 1.165) is 0 Å². The quantitative estimate of drug-likeness (QED) is 0.776. The first kappa shape index (κ1) is 14.3. The van der Waals surface area contributed by atoms with Gasteiger partial charge < -0.3 is 18.9 Å². The van der Waals surface area contributed by atoms with Gasteiger partial charge in [-0.05, 0) is 20.8 Å². The molecule has 0 aliphatic carbocycles. The van der Waals surface area contributed by atoms with E-state index < -0.39 is 11.2 Å². The number of rotatable bonds is 3. The fourth-order valence-electron chi connectivity index (χ4n) is 3.84. The molecular formula is C14H26O4.